The molecule has 1 aromatic heterocycles. The van der Waals surface area contributed by atoms with Crippen molar-refractivity contribution in [3.63, 3.8) is 0 Å². The maximum atomic E-state index is 12.0. The summed E-state index contributed by atoms with van der Waals surface area (Å²) in [5.41, 5.74) is -0.497. The van der Waals surface area contributed by atoms with Crippen LogP contribution in [0.15, 0.2) is 18.5 Å². The first-order valence-corrected chi connectivity index (χ1v) is 7.77. The second-order valence-corrected chi connectivity index (χ2v) is 6.75. The van der Waals surface area contributed by atoms with Crippen molar-refractivity contribution in [1.82, 2.24) is 4.90 Å². The largest absolute Gasteiger partial charge is 0.619 e. The number of aromatic nitrogens is 1. The number of nitrogens with zero attached hydrogens (tertiary/aromatic N) is 3. The second-order valence-electron chi connectivity index (χ2n) is 6.75. The topological polar surface area (TPSA) is 112 Å². The zero-order valence-electron chi connectivity index (χ0n) is 14.0. The van der Waals surface area contributed by atoms with E-state index in [9.17, 15) is 20.1 Å². The SMILES string of the molecule is CC(C)(C)OC(=O)N1CCC(Nc2c[n+]([O-])ccc2[N+](=O)[O-])CC1. The molecule has 0 radical (unpaired) electrons. The Morgan fingerprint density at radius 2 is 2.04 bits per heavy atom. The molecule has 132 valence electrons. The molecule has 1 aromatic rings. The lowest BCUT2D eigenvalue weighted by molar-refractivity contribution is -0.605. The summed E-state index contributed by atoms with van der Waals surface area (Å²) < 4.78 is 5.85. The van der Waals surface area contributed by atoms with Gasteiger partial charge in [0, 0.05) is 19.1 Å². The maximum Gasteiger partial charge on any atom is 0.410 e. The molecule has 0 aromatic carbocycles. The zero-order chi connectivity index (χ0) is 17.9. The third-order valence-electron chi connectivity index (χ3n) is 3.61. The van der Waals surface area contributed by atoms with Gasteiger partial charge in [0.05, 0.1) is 11.0 Å². The van der Waals surface area contributed by atoms with Gasteiger partial charge in [-0.15, -0.1) is 0 Å². The maximum absolute atomic E-state index is 12.0. The third-order valence-corrected chi connectivity index (χ3v) is 3.61. The average Bonchev–Trinajstić information content (AvgIpc) is 2.46. The van der Waals surface area contributed by atoms with E-state index < -0.39 is 10.5 Å². The van der Waals surface area contributed by atoms with Crippen LogP contribution in [0.25, 0.3) is 0 Å². The van der Waals surface area contributed by atoms with Gasteiger partial charge < -0.3 is 20.2 Å². The van der Waals surface area contributed by atoms with Crippen LogP contribution in [-0.4, -0.2) is 40.6 Å². The van der Waals surface area contributed by atoms with Gasteiger partial charge in [-0.2, -0.15) is 4.73 Å². The molecule has 0 saturated carbocycles. The van der Waals surface area contributed by atoms with Crippen molar-refractivity contribution < 1.29 is 19.2 Å². The van der Waals surface area contributed by atoms with E-state index in [2.05, 4.69) is 5.32 Å². The zero-order valence-corrected chi connectivity index (χ0v) is 14.0. The fourth-order valence-electron chi connectivity index (χ4n) is 2.49. The van der Waals surface area contributed by atoms with Gasteiger partial charge in [0.15, 0.2) is 11.9 Å². The highest BCUT2D eigenvalue weighted by atomic mass is 16.6. The average molecular weight is 338 g/mol. The van der Waals surface area contributed by atoms with Crippen molar-refractivity contribution >= 4 is 17.5 Å². The molecule has 0 spiro atoms. The van der Waals surface area contributed by atoms with Crippen LogP contribution >= 0.6 is 0 Å². The number of nitrogens with one attached hydrogen (secondary N) is 1. The molecule has 9 heteroatoms. The Morgan fingerprint density at radius 3 is 2.58 bits per heavy atom. The van der Waals surface area contributed by atoms with Crippen LogP contribution < -0.4 is 10.0 Å². The number of nitro groups is 1. The van der Waals surface area contributed by atoms with Crippen molar-refractivity contribution in [1.29, 1.82) is 0 Å². The Kier molecular flexibility index (Phi) is 5.10. The normalized spacial score (nSPS) is 15.9. The highest BCUT2D eigenvalue weighted by Crippen LogP contribution is 2.25. The lowest BCUT2D eigenvalue weighted by atomic mass is 10.0. The van der Waals surface area contributed by atoms with E-state index in [-0.39, 0.29) is 23.5 Å². The van der Waals surface area contributed by atoms with Gasteiger partial charge in [0.1, 0.15) is 5.60 Å². The van der Waals surface area contributed by atoms with E-state index in [4.69, 9.17) is 4.74 Å². The summed E-state index contributed by atoms with van der Waals surface area (Å²) in [6.07, 6.45) is 3.12. The van der Waals surface area contributed by atoms with Crippen LogP contribution in [0.1, 0.15) is 33.6 Å². The van der Waals surface area contributed by atoms with Crippen LogP contribution in [-0.2, 0) is 4.74 Å². The van der Waals surface area contributed by atoms with Crippen LogP contribution in [0.4, 0.5) is 16.2 Å². The van der Waals surface area contributed by atoms with Crippen LogP contribution in [0.3, 0.4) is 0 Å². The summed E-state index contributed by atoms with van der Waals surface area (Å²) in [7, 11) is 0. The molecule has 1 saturated heterocycles. The monoisotopic (exact) mass is 338 g/mol. The number of carbonyl (C=O) groups excluding carboxylic acids is 1. The van der Waals surface area contributed by atoms with E-state index in [0.717, 1.165) is 12.4 Å². The van der Waals surface area contributed by atoms with Gasteiger partial charge in [-0.25, -0.2) is 4.79 Å². The van der Waals surface area contributed by atoms with Gasteiger partial charge in [-0.05, 0) is 33.6 Å². The fraction of sp³-hybridized carbons (Fsp3) is 0.600. The number of carbonyl (C=O) groups is 1. The molecule has 0 aliphatic carbocycles. The van der Waals surface area contributed by atoms with Gasteiger partial charge >= 0.3 is 11.8 Å². The van der Waals surface area contributed by atoms with Crippen molar-refractivity contribution in [3.8, 4) is 0 Å². The molecular weight excluding hydrogens is 316 g/mol. The number of ether oxygens (including phenoxy) is 1. The predicted molar refractivity (Wildman–Crippen MR) is 86.5 cm³/mol. The minimum Gasteiger partial charge on any atom is -0.619 e. The predicted octanol–water partition coefficient (Wildman–Crippen LogP) is 2.04. The number of hydrogen-bond donors (Lipinski definition) is 1. The molecule has 1 aliphatic heterocycles. The minimum absolute atomic E-state index is 0.0511. The standard InChI is InChI=1S/C15H22N4O5/c1-15(2,3)24-14(20)17-7-4-11(5-8-17)16-12-10-18(21)9-6-13(12)19(22)23/h6,9-11,16H,4-5,7-8H2,1-3H3. The van der Waals surface area contributed by atoms with Gasteiger partial charge in [0.2, 0.25) is 6.20 Å². The Labute approximate surface area is 139 Å². The smallest absolute Gasteiger partial charge is 0.410 e. The first kappa shape index (κ1) is 17.8. The molecule has 0 atom stereocenters. The summed E-state index contributed by atoms with van der Waals surface area (Å²) in [5.74, 6) is 0. The second kappa shape index (κ2) is 6.90. The van der Waals surface area contributed by atoms with E-state index in [0.29, 0.717) is 30.7 Å². The van der Waals surface area contributed by atoms with E-state index in [1.807, 2.05) is 20.8 Å². The Hall–Kier alpha value is -2.58. The summed E-state index contributed by atoms with van der Waals surface area (Å²) in [6, 6.07) is 1.12. The number of amides is 1. The number of pyridine rings is 1. The van der Waals surface area contributed by atoms with Gasteiger partial charge in [-0.1, -0.05) is 0 Å². The highest BCUT2D eigenvalue weighted by molar-refractivity contribution is 5.68. The molecule has 1 fully saturated rings. The number of hydrogen-bond acceptors (Lipinski definition) is 6. The molecule has 9 nitrogen and oxygen atoms in total. The molecule has 24 heavy (non-hydrogen) atoms. The Bertz CT molecular complexity index is 621. The van der Waals surface area contributed by atoms with E-state index in [1.54, 1.807) is 4.90 Å². The molecule has 1 aliphatic rings. The molecule has 1 amide bonds. The molecule has 2 heterocycles. The lowest BCUT2D eigenvalue weighted by Gasteiger charge is -2.33. The van der Waals surface area contributed by atoms with Gasteiger partial charge in [-0.3, -0.25) is 10.1 Å². The molecule has 0 unspecified atom stereocenters. The highest BCUT2D eigenvalue weighted by Gasteiger charge is 2.28. The number of piperidine rings is 1. The summed E-state index contributed by atoms with van der Waals surface area (Å²) in [6.45, 7) is 6.42. The van der Waals surface area contributed by atoms with E-state index >= 15 is 0 Å². The molecule has 0 bridgehead atoms. The van der Waals surface area contributed by atoms with Crippen molar-refractivity contribution in [3.05, 3.63) is 33.8 Å². The summed E-state index contributed by atoms with van der Waals surface area (Å²) >= 11 is 0. The Morgan fingerprint density at radius 1 is 1.42 bits per heavy atom. The fourth-order valence-corrected chi connectivity index (χ4v) is 2.49. The van der Waals surface area contributed by atoms with Crippen molar-refractivity contribution in [2.75, 3.05) is 18.4 Å². The number of likely N-dealkylation sites (tertiary alicyclic amines) is 1. The lowest BCUT2D eigenvalue weighted by Crippen LogP contribution is -2.44. The van der Waals surface area contributed by atoms with Crippen LogP contribution in [0.2, 0.25) is 0 Å². The van der Waals surface area contributed by atoms with Crippen LogP contribution in [0.5, 0.6) is 0 Å². The van der Waals surface area contributed by atoms with Gasteiger partial charge in [0.25, 0.3) is 0 Å². The Balaban J connectivity index is 1.95. The third kappa shape index (κ3) is 4.71. The number of rotatable bonds is 3. The van der Waals surface area contributed by atoms with E-state index in [1.165, 1.54) is 6.07 Å². The number of anilines is 1. The molecule has 1 N–H and O–H groups in total. The van der Waals surface area contributed by atoms with Crippen molar-refractivity contribution in [2.24, 2.45) is 0 Å². The molecule has 2 rings (SSSR count). The summed E-state index contributed by atoms with van der Waals surface area (Å²) in [4.78, 5) is 24.1. The van der Waals surface area contributed by atoms with Crippen molar-refractivity contribution in [2.45, 2.75) is 45.3 Å². The van der Waals surface area contributed by atoms with Crippen LogP contribution in [0, 0.1) is 15.3 Å². The summed E-state index contributed by atoms with van der Waals surface area (Å²) in [5, 5.41) is 25.4. The molecular formula is C15H22N4O5. The minimum atomic E-state index is -0.543. The first-order chi connectivity index (χ1) is 11.2. The quantitative estimate of drug-likeness (QED) is 0.391. The first-order valence-electron chi connectivity index (χ1n) is 7.77.